The lowest BCUT2D eigenvalue weighted by molar-refractivity contribution is 0.0818. The van der Waals surface area contributed by atoms with Gasteiger partial charge >= 0.3 is 0 Å². The van der Waals surface area contributed by atoms with Crippen molar-refractivity contribution in [3.8, 4) is 5.75 Å². The number of hydrogen-bond acceptors (Lipinski definition) is 3. The van der Waals surface area contributed by atoms with Crippen molar-refractivity contribution >= 4 is 5.91 Å². The van der Waals surface area contributed by atoms with Gasteiger partial charge in [-0.25, -0.2) is 4.68 Å². The van der Waals surface area contributed by atoms with Crippen molar-refractivity contribution in [1.82, 2.24) is 9.78 Å². The fourth-order valence-corrected chi connectivity index (χ4v) is 2.36. The van der Waals surface area contributed by atoms with E-state index in [1.54, 1.807) is 0 Å². The first-order valence-corrected chi connectivity index (χ1v) is 7.39. The van der Waals surface area contributed by atoms with Crippen LogP contribution >= 0.6 is 0 Å². The Morgan fingerprint density at radius 2 is 1.95 bits per heavy atom. The van der Waals surface area contributed by atoms with Gasteiger partial charge in [0.25, 0.3) is 5.91 Å². The van der Waals surface area contributed by atoms with Crippen molar-refractivity contribution in [2.45, 2.75) is 40.0 Å². The number of benzene rings is 1. The Labute approximate surface area is 125 Å². The number of aromatic nitrogens is 2. The first-order valence-electron chi connectivity index (χ1n) is 7.39. The van der Waals surface area contributed by atoms with Crippen molar-refractivity contribution in [2.75, 3.05) is 6.61 Å². The molecule has 0 bridgehead atoms. The highest BCUT2D eigenvalue weighted by Crippen LogP contribution is 2.16. The smallest absolute Gasteiger partial charge is 0.284 e. The summed E-state index contributed by atoms with van der Waals surface area (Å²) in [6.45, 7) is 6.07. The molecule has 0 aliphatic heterocycles. The summed E-state index contributed by atoms with van der Waals surface area (Å²) in [5, 5.41) is 4.36. The Morgan fingerprint density at radius 3 is 2.62 bits per heavy atom. The zero-order chi connectivity index (χ0) is 15.2. The van der Waals surface area contributed by atoms with Gasteiger partial charge in [0, 0.05) is 5.69 Å². The summed E-state index contributed by atoms with van der Waals surface area (Å²) < 4.78 is 6.97. The molecule has 21 heavy (non-hydrogen) atoms. The van der Waals surface area contributed by atoms with Gasteiger partial charge in [0.05, 0.1) is 5.69 Å². The molecule has 0 aliphatic rings. The van der Waals surface area contributed by atoms with E-state index in [4.69, 9.17) is 4.74 Å². The van der Waals surface area contributed by atoms with Crippen LogP contribution < -0.4 is 4.74 Å². The Balaban J connectivity index is 2.05. The van der Waals surface area contributed by atoms with E-state index in [0.717, 1.165) is 30.7 Å². The topological polar surface area (TPSA) is 44.1 Å². The maximum atomic E-state index is 12.3. The van der Waals surface area contributed by atoms with E-state index in [1.165, 1.54) is 10.2 Å². The predicted octanol–water partition coefficient (Wildman–Crippen LogP) is 3.56. The van der Waals surface area contributed by atoms with Gasteiger partial charge < -0.3 is 4.74 Å². The van der Waals surface area contributed by atoms with Crippen LogP contribution in [0.15, 0.2) is 30.3 Å². The summed E-state index contributed by atoms with van der Waals surface area (Å²) in [5.41, 5.74) is 3.06. The number of para-hydroxylation sites is 1. The van der Waals surface area contributed by atoms with Crippen LogP contribution in [0.3, 0.4) is 0 Å². The van der Waals surface area contributed by atoms with E-state index in [9.17, 15) is 4.79 Å². The van der Waals surface area contributed by atoms with E-state index >= 15 is 0 Å². The maximum Gasteiger partial charge on any atom is 0.284 e. The van der Waals surface area contributed by atoms with Crippen molar-refractivity contribution in [2.24, 2.45) is 0 Å². The molecule has 112 valence electrons. The Morgan fingerprint density at radius 1 is 1.24 bits per heavy atom. The van der Waals surface area contributed by atoms with Gasteiger partial charge in [-0.3, -0.25) is 4.79 Å². The highest BCUT2D eigenvalue weighted by atomic mass is 16.5. The van der Waals surface area contributed by atoms with Gasteiger partial charge in [0.15, 0.2) is 6.61 Å². The average molecular weight is 286 g/mol. The lowest BCUT2D eigenvalue weighted by Crippen LogP contribution is -2.21. The van der Waals surface area contributed by atoms with Gasteiger partial charge in [0.2, 0.25) is 0 Å². The summed E-state index contributed by atoms with van der Waals surface area (Å²) >= 11 is 0. The molecule has 0 radical (unpaired) electrons. The second-order valence-corrected chi connectivity index (χ2v) is 5.16. The van der Waals surface area contributed by atoms with Gasteiger partial charge in [0.1, 0.15) is 5.75 Å². The second kappa shape index (κ2) is 7.07. The predicted molar refractivity (Wildman–Crippen MR) is 82.9 cm³/mol. The van der Waals surface area contributed by atoms with Crippen LogP contribution in [0.4, 0.5) is 0 Å². The summed E-state index contributed by atoms with van der Waals surface area (Å²) in [6.07, 6.45) is 3.22. The molecule has 0 saturated carbocycles. The van der Waals surface area contributed by atoms with Crippen LogP contribution in [0.2, 0.25) is 0 Å². The minimum Gasteiger partial charge on any atom is -0.484 e. The number of carbonyl (C=O) groups is 1. The van der Waals surface area contributed by atoms with Crippen LogP contribution in [0, 0.1) is 13.8 Å². The molecule has 1 aromatic carbocycles. The first-order chi connectivity index (χ1) is 10.1. The summed E-state index contributed by atoms with van der Waals surface area (Å²) in [5.74, 6) is 0.556. The number of nitrogens with zero attached hydrogens (tertiary/aromatic N) is 2. The molecule has 0 N–H and O–H groups in total. The molecule has 0 unspecified atom stereocenters. The Hall–Kier alpha value is -2.10. The van der Waals surface area contributed by atoms with Gasteiger partial charge in [-0.2, -0.15) is 5.10 Å². The lowest BCUT2D eigenvalue weighted by atomic mass is 10.1. The minimum absolute atomic E-state index is 0.000802. The van der Waals surface area contributed by atoms with E-state index < -0.39 is 0 Å². The standard InChI is InChI=1S/C17H22N2O2/c1-4-5-11-16-13(2)18-19(14(16)3)17(20)12-21-15-9-7-6-8-10-15/h6-10H,4-5,11-12H2,1-3H3. The minimum atomic E-state index is -0.137. The summed E-state index contributed by atoms with van der Waals surface area (Å²) in [6, 6.07) is 9.34. The van der Waals surface area contributed by atoms with Gasteiger partial charge in [-0.1, -0.05) is 31.5 Å². The highest BCUT2D eigenvalue weighted by Gasteiger charge is 2.16. The Kier molecular flexibility index (Phi) is 5.14. The maximum absolute atomic E-state index is 12.3. The molecule has 4 heteroatoms. The average Bonchev–Trinajstić information content (AvgIpc) is 2.79. The monoisotopic (exact) mass is 286 g/mol. The van der Waals surface area contributed by atoms with Crippen molar-refractivity contribution in [3.05, 3.63) is 47.3 Å². The van der Waals surface area contributed by atoms with Gasteiger partial charge in [-0.05, 0) is 44.4 Å². The second-order valence-electron chi connectivity index (χ2n) is 5.16. The third kappa shape index (κ3) is 3.72. The van der Waals surface area contributed by atoms with Gasteiger partial charge in [-0.15, -0.1) is 0 Å². The zero-order valence-corrected chi connectivity index (χ0v) is 12.9. The first kappa shape index (κ1) is 15.3. The lowest BCUT2D eigenvalue weighted by Gasteiger charge is -2.06. The molecule has 0 aliphatic carbocycles. The molecule has 2 rings (SSSR count). The molecule has 1 aromatic heterocycles. The number of hydrogen-bond donors (Lipinski definition) is 0. The quantitative estimate of drug-likeness (QED) is 0.815. The largest absolute Gasteiger partial charge is 0.484 e. The fraction of sp³-hybridized carbons (Fsp3) is 0.412. The number of ether oxygens (including phenoxy) is 1. The molecular weight excluding hydrogens is 264 g/mol. The van der Waals surface area contributed by atoms with Crippen LogP contribution in [0.1, 0.15) is 41.5 Å². The number of carbonyl (C=O) groups excluding carboxylic acids is 1. The molecule has 1 heterocycles. The van der Waals surface area contributed by atoms with Crippen LogP contribution in [0.5, 0.6) is 5.75 Å². The summed E-state index contributed by atoms with van der Waals surface area (Å²) in [4.78, 5) is 12.3. The normalized spacial score (nSPS) is 10.6. The third-order valence-corrected chi connectivity index (χ3v) is 3.56. The van der Waals surface area contributed by atoms with Crippen LogP contribution in [-0.2, 0) is 6.42 Å². The van der Waals surface area contributed by atoms with E-state index in [1.807, 2.05) is 44.2 Å². The number of aryl methyl sites for hydroxylation is 1. The Bertz CT molecular complexity index is 603. The molecule has 2 aromatic rings. The molecule has 0 fully saturated rings. The van der Waals surface area contributed by atoms with Crippen molar-refractivity contribution in [3.63, 3.8) is 0 Å². The third-order valence-electron chi connectivity index (χ3n) is 3.56. The van der Waals surface area contributed by atoms with E-state index in [0.29, 0.717) is 5.75 Å². The van der Waals surface area contributed by atoms with Crippen LogP contribution in [-0.4, -0.2) is 22.3 Å². The number of rotatable bonds is 6. The SMILES string of the molecule is CCCCc1c(C)nn(C(=O)COc2ccccc2)c1C. The molecule has 0 saturated heterocycles. The fourth-order valence-electron chi connectivity index (χ4n) is 2.36. The van der Waals surface area contributed by atoms with E-state index in [-0.39, 0.29) is 12.5 Å². The summed E-state index contributed by atoms with van der Waals surface area (Å²) in [7, 11) is 0. The number of unbranched alkanes of at least 4 members (excludes halogenated alkanes) is 1. The highest BCUT2D eigenvalue weighted by molar-refractivity contribution is 5.80. The van der Waals surface area contributed by atoms with Crippen molar-refractivity contribution < 1.29 is 9.53 Å². The van der Waals surface area contributed by atoms with Crippen LogP contribution in [0.25, 0.3) is 0 Å². The molecule has 0 atom stereocenters. The zero-order valence-electron chi connectivity index (χ0n) is 12.9. The molecular formula is C17H22N2O2. The van der Waals surface area contributed by atoms with Crippen molar-refractivity contribution in [1.29, 1.82) is 0 Å². The molecule has 0 amide bonds. The molecule has 4 nitrogen and oxygen atoms in total. The van der Waals surface area contributed by atoms with E-state index in [2.05, 4.69) is 12.0 Å². The molecule has 0 spiro atoms.